The fourth-order valence-electron chi connectivity index (χ4n) is 4.86. The number of pyridine rings is 1. The number of carbonyl (C=O) groups is 1. The van der Waals surface area contributed by atoms with Crippen molar-refractivity contribution in [3.63, 3.8) is 0 Å². The molecule has 1 amide bonds. The number of carbonyl (C=O) groups excluding carboxylic acids is 1. The van der Waals surface area contributed by atoms with E-state index in [9.17, 15) is 19.4 Å². The van der Waals surface area contributed by atoms with E-state index in [2.05, 4.69) is 26.9 Å². The minimum Gasteiger partial charge on any atom is -0.507 e. The van der Waals surface area contributed by atoms with Gasteiger partial charge in [-0.25, -0.2) is 19.0 Å². The highest BCUT2D eigenvalue weighted by Crippen LogP contribution is 2.42. The number of amides is 1. The van der Waals surface area contributed by atoms with Gasteiger partial charge in [0.05, 0.1) is 21.8 Å². The molecule has 0 bridgehead atoms. The van der Waals surface area contributed by atoms with Gasteiger partial charge in [-0.3, -0.25) is 9.69 Å². The van der Waals surface area contributed by atoms with E-state index in [1.807, 2.05) is 25.7 Å². The van der Waals surface area contributed by atoms with Crippen LogP contribution in [0, 0.1) is 5.82 Å². The lowest BCUT2D eigenvalue weighted by atomic mass is 10.0. The highest BCUT2D eigenvalue weighted by molar-refractivity contribution is 6.33. The van der Waals surface area contributed by atoms with E-state index in [4.69, 9.17) is 16.2 Å². The molecular weight excluding hydrogens is 529 g/mol. The molecule has 0 aliphatic carbocycles. The molecule has 1 fully saturated rings. The topological polar surface area (TPSA) is 131 Å². The van der Waals surface area contributed by atoms with Crippen molar-refractivity contribution >= 4 is 35.0 Å². The fraction of sp³-hybridized carbons (Fsp3) is 0.346. The van der Waals surface area contributed by atoms with Crippen molar-refractivity contribution in [3.8, 4) is 17.0 Å². The summed E-state index contributed by atoms with van der Waals surface area (Å²) in [6, 6.07) is 5.28. The number of aliphatic hydroxyl groups excluding tert-OH is 1. The Hall–Kier alpha value is -4.03. The molecule has 4 heterocycles. The first-order valence-electron chi connectivity index (χ1n) is 12.4. The number of anilines is 2. The van der Waals surface area contributed by atoms with Gasteiger partial charge in [0, 0.05) is 31.6 Å². The van der Waals surface area contributed by atoms with Crippen molar-refractivity contribution in [2.75, 3.05) is 24.5 Å². The number of nitrogens with zero attached hydrogens (tertiary/aromatic N) is 7. The molecule has 0 saturated carbocycles. The van der Waals surface area contributed by atoms with Crippen LogP contribution in [0.4, 0.5) is 16.0 Å². The van der Waals surface area contributed by atoms with E-state index in [1.54, 1.807) is 11.0 Å². The van der Waals surface area contributed by atoms with Gasteiger partial charge in [-0.15, -0.1) is 0 Å². The predicted octanol–water partition coefficient (Wildman–Crippen LogP) is 3.65. The lowest BCUT2D eigenvalue weighted by molar-refractivity contribution is -0.128. The summed E-state index contributed by atoms with van der Waals surface area (Å²) >= 11 is 6.65. The van der Waals surface area contributed by atoms with Crippen molar-refractivity contribution in [3.05, 3.63) is 59.0 Å². The number of amidine groups is 1. The van der Waals surface area contributed by atoms with Gasteiger partial charge in [-0.05, 0) is 36.4 Å². The molecule has 5 rings (SSSR count). The first-order chi connectivity index (χ1) is 18.6. The van der Waals surface area contributed by atoms with Crippen LogP contribution in [0.2, 0.25) is 5.02 Å². The maximum Gasteiger partial charge on any atom is 0.246 e. The molecular formula is C26H27ClFN7O4. The number of phenolic OH excluding ortho intramolecular Hbond substituents is 1. The zero-order chi connectivity index (χ0) is 28.0. The number of hydrogen-bond acceptors (Lipinski definition) is 10. The van der Waals surface area contributed by atoms with Crippen molar-refractivity contribution in [1.29, 1.82) is 0 Å². The summed E-state index contributed by atoms with van der Waals surface area (Å²) in [5, 5.41) is 29.8. The van der Waals surface area contributed by atoms with Gasteiger partial charge in [0.2, 0.25) is 18.1 Å². The largest absolute Gasteiger partial charge is 0.507 e. The Kier molecular flexibility index (Phi) is 7.00. The molecule has 2 atom stereocenters. The Morgan fingerprint density at radius 2 is 2.05 bits per heavy atom. The minimum atomic E-state index is -1.49. The average Bonchev–Trinajstić information content (AvgIpc) is 3.38. The summed E-state index contributed by atoms with van der Waals surface area (Å²) in [4.78, 5) is 26.4. The van der Waals surface area contributed by atoms with Crippen LogP contribution < -0.4 is 4.90 Å². The molecule has 2 aromatic heterocycles. The molecule has 3 aromatic rings. The first-order valence-corrected chi connectivity index (χ1v) is 12.7. The number of halogens is 2. The number of aromatic hydroxyl groups is 1. The van der Waals surface area contributed by atoms with Crippen LogP contribution in [0.3, 0.4) is 0 Å². The zero-order valence-electron chi connectivity index (χ0n) is 21.5. The lowest BCUT2D eigenvalue weighted by Crippen LogP contribution is -2.56. The van der Waals surface area contributed by atoms with E-state index in [1.165, 1.54) is 29.2 Å². The Labute approximate surface area is 228 Å². The summed E-state index contributed by atoms with van der Waals surface area (Å²) in [5.41, 5.74) is 0.686. The number of aliphatic imine (C=N–C) groups is 1. The Balaban J connectivity index is 1.68. The second kappa shape index (κ2) is 10.3. The number of benzene rings is 1. The van der Waals surface area contributed by atoms with Crippen molar-refractivity contribution in [2.24, 2.45) is 4.99 Å². The van der Waals surface area contributed by atoms with Gasteiger partial charge in [-0.1, -0.05) is 43.3 Å². The van der Waals surface area contributed by atoms with Gasteiger partial charge >= 0.3 is 0 Å². The molecule has 13 heteroatoms. The number of aliphatic hydroxyl groups is 1. The second-order valence-corrected chi connectivity index (χ2v) is 10.1. The van der Waals surface area contributed by atoms with Crippen molar-refractivity contribution < 1.29 is 24.0 Å². The van der Waals surface area contributed by atoms with Gasteiger partial charge < -0.3 is 20.0 Å². The third kappa shape index (κ3) is 4.59. The smallest absolute Gasteiger partial charge is 0.246 e. The number of rotatable bonds is 4. The van der Waals surface area contributed by atoms with Crippen LogP contribution in [-0.2, 0) is 4.79 Å². The summed E-state index contributed by atoms with van der Waals surface area (Å²) in [7, 11) is 0. The van der Waals surface area contributed by atoms with Gasteiger partial charge in [0.25, 0.3) is 0 Å². The molecule has 39 heavy (non-hydrogen) atoms. The normalized spacial score (nSPS) is 19.3. The maximum atomic E-state index is 14.9. The van der Waals surface area contributed by atoms with E-state index in [-0.39, 0.29) is 51.5 Å². The van der Waals surface area contributed by atoms with Crippen molar-refractivity contribution in [1.82, 2.24) is 25.1 Å². The highest BCUT2D eigenvalue weighted by Gasteiger charge is 2.39. The molecule has 1 unspecified atom stereocenters. The zero-order valence-corrected chi connectivity index (χ0v) is 22.3. The van der Waals surface area contributed by atoms with Crippen LogP contribution in [0.1, 0.15) is 37.9 Å². The van der Waals surface area contributed by atoms with Gasteiger partial charge in [0.15, 0.2) is 0 Å². The molecule has 2 N–H and O–H groups in total. The third-order valence-electron chi connectivity index (χ3n) is 6.78. The molecule has 11 nitrogen and oxygen atoms in total. The molecule has 1 saturated heterocycles. The summed E-state index contributed by atoms with van der Waals surface area (Å²) in [5.74, 6) is -0.596. The molecule has 0 spiro atoms. The maximum absolute atomic E-state index is 14.9. The van der Waals surface area contributed by atoms with Gasteiger partial charge in [-0.2, -0.15) is 0 Å². The summed E-state index contributed by atoms with van der Waals surface area (Å²) in [6.07, 6.45) is -0.216. The first kappa shape index (κ1) is 26.6. The van der Waals surface area contributed by atoms with E-state index < -0.39 is 12.2 Å². The number of piperazine rings is 1. The molecule has 0 radical (unpaired) electrons. The van der Waals surface area contributed by atoms with E-state index in [0.29, 0.717) is 36.7 Å². The molecule has 1 aromatic carbocycles. The van der Waals surface area contributed by atoms with Crippen LogP contribution in [0.15, 0.2) is 46.5 Å². The van der Waals surface area contributed by atoms with Crippen molar-refractivity contribution in [2.45, 2.75) is 39.1 Å². The second-order valence-electron chi connectivity index (χ2n) is 9.65. The molecule has 204 valence electrons. The fourth-order valence-corrected chi connectivity index (χ4v) is 5.10. The molecule has 2 aliphatic heterocycles. The summed E-state index contributed by atoms with van der Waals surface area (Å²) < 4.78 is 19.9. The van der Waals surface area contributed by atoms with E-state index in [0.717, 1.165) is 0 Å². The van der Waals surface area contributed by atoms with Crippen LogP contribution in [0.25, 0.3) is 11.3 Å². The Morgan fingerprint density at radius 1 is 1.28 bits per heavy atom. The number of aromatic nitrogens is 3. The van der Waals surface area contributed by atoms with Crippen LogP contribution in [-0.4, -0.2) is 79.1 Å². The number of fused-ring (bicyclic) bond motifs is 1. The lowest BCUT2D eigenvalue weighted by Gasteiger charge is -2.43. The predicted molar refractivity (Wildman–Crippen MR) is 142 cm³/mol. The van der Waals surface area contributed by atoms with E-state index >= 15 is 0 Å². The van der Waals surface area contributed by atoms with Crippen LogP contribution >= 0.6 is 11.6 Å². The molecule has 2 aliphatic rings. The number of phenols is 1. The highest BCUT2D eigenvalue weighted by atomic mass is 35.5. The third-order valence-corrected chi connectivity index (χ3v) is 7.07. The van der Waals surface area contributed by atoms with Gasteiger partial charge in [0.1, 0.15) is 28.9 Å². The minimum absolute atomic E-state index is 0.0264. The Bertz CT molecular complexity index is 1460. The van der Waals surface area contributed by atoms with Crippen LogP contribution in [0.5, 0.6) is 5.75 Å². The Morgan fingerprint density at radius 3 is 2.72 bits per heavy atom. The average molecular weight is 556 g/mol. The quantitative estimate of drug-likeness (QED) is 0.463. The SMILES string of the molecule is C=CC(=O)N1CCN(C2=NC(O)N(c3nonc3C(C)C)c3nc(-c4c(O)cccc4F)c(Cl)cc32)[C@@H](C)C1. The monoisotopic (exact) mass is 555 g/mol. The standard InChI is InChI=1S/C26H27ClFN7O4/c1-5-19(37)33-9-10-34(14(4)12-33)23-15-11-16(27)22(20-17(28)7-6-8-18(20)36)29-24(15)35(26(38)30-23)25-21(13(2)3)31-39-32-25/h5-8,11,13-14,26,36,38H,1,9-10,12H2,2-4H3/t14-,26?/m0/s1. The number of hydrogen-bond donors (Lipinski definition) is 2. The summed E-state index contributed by atoms with van der Waals surface area (Å²) in [6.45, 7) is 10.5.